The number of ether oxygens (including phenoxy) is 1. The first-order valence-corrected chi connectivity index (χ1v) is 4.66. The number of halogens is 1. The Morgan fingerprint density at radius 3 is 2.25 bits per heavy atom. The van der Waals surface area contributed by atoms with Crippen molar-refractivity contribution in [3.05, 3.63) is 60.2 Å². The molecule has 3 heteroatoms. The molecule has 0 unspecified atom stereocenters. The molecule has 0 aliphatic heterocycles. The van der Waals surface area contributed by atoms with Gasteiger partial charge in [-0.05, 0) is 24.3 Å². The van der Waals surface area contributed by atoms with Crippen molar-refractivity contribution >= 4 is 18.7 Å². The molecule has 0 N–H and O–H groups in total. The van der Waals surface area contributed by atoms with Crippen LogP contribution in [0.1, 0.15) is 10.4 Å². The predicted octanol–water partition coefficient (Wildman–Crippen LogP) is 3.71. The maximum atomic E-state index is 10.6. The summed E-state index contributed by atoms with van der Waals surface area (Å²) in [6, 6.07) is 16.5. The smallest absolute Gasteiger partial charge is 0.150 e. The van der Waals surface area contributed by atoms with Crippen molar-refractivity contribution in [2.24, 2.45) is 0 Å². The largest absolute Gasteiger partial charge is 0.457 e. The van der Waals surface area contributed by atoms with Crippen molar-refractivity contribution in [3.8, 4) is 11.5 Å². The minimum atomic E-state index is 0. The summed E-state index contributed by atoms with van der Waals surface area (Å²) in [5, 5.41) is 0. The first kappa shape index (κ1) is 12.3. The van der Waals surface area contributed by atoms with E-state index in [4.69, 9.17) is 4.74 Å². The zero-order valence-corrected chi connectivity index (χ0v) is 9.31. The van der Waals surface area contributed by atoms with Gasteiger partial charge in [-0.1, -0.05) is 30.3 Å². The number of carbonyl (C=O) groups is 1. The number of rotatable bonds is 3. The number of para-hydroxylation sites is 1. The van der Waals surface area contributed by atoms with Gasteiger partial charge in [0.2, 0.25) is 0 Å². The summed E-state index contributed by atoms with van der Waals surface area (Å²) >= 11 is 0. The lowest BCUT2D eigenvalue weighted by molar-refractivity contribution is 0.112. The fraction of sp³-hybridized carbons (Fsp3) is 0. The lowest BCUT2D eigenvalue weighted by Crippen LogP contribution is -1.85. The second-order valence-electron chi connectivity index (χ2n) is 3.11. The highest BCUT2D eigenvalue weighted by atomic mass is 35.5. The molecule has 0 atom stereocenters. The molecule has 0 aliphatic rings. The maximum absolute atomic E-state index is 10.6. The highest BCUT2D eigenvalue weighted by Crippen LogP contribution is 2.20. The SMILES string of the molecule is Cl.O=Cc1cccc(Oc2ccccc2)c1. The van der Waals surface area contributed by atoms with Crippen LogP contribution in [-0.4, -0.2) is 6.29 Å². The van der Waals surface area contributed by atoms with Crippen LogP contribution in [0.2, 0.25) is 0 Å². The Labute approximate surface area is 100 Å². The van der Waals surface area contributed by atoms with Gasteiger partial charge in [-0.25, -0.2) is 0 Å². The number of hydrogen-bond acceptors (Lipinski definition) is 2. The molecule has 0 bridgehead atoms. The molecule has 2 rings (SSSR count). The van der Waals surface area contributed by atoms with Gasteiger partial charge in [0, 0.05) is 5.56 Å². The van der Waals surface area contributed by atoms with E-state index in [0.717, 1.165) is 12.0 Å². The molecule has 82 valence electrons. The Kier molecular flexibility index (Phi) is 4.55. The normalized spacial score (nSPS) is 9.00. The van der Waals surface area contributed by atoms with E-state index in [1.807, 2.05) is 36.4 Å². The highest BCUT2D eigenvalue weighted by molar-refractivity contribution is 5.85. The van der Waals surface area contributed by atoms with Crippen LogP contribution in [0.3, 0.4) is 0 Å². The van der Waals surface area contributed by atoms with E-state index in [0.29, 0.717) is 11.3 Å². The minimum Gasteiger partial charge on any atom is -0.457 e. The van der Waals surface area contributed by atoms with Crippen LogP contribution >= 0.6 is 12.4 Å². The molecule has 0 aliphatic carbocycles. The lowest BCUT2D eigenvalue weighted by atomic mass is 10.2. The summed E-state index contributed by atoms with van der Waals surface area (Å²) in [5.41, 5.74) is 0.614. The molecular weight excluding hydrogens is 224 g/mol. The molecule has 0 heterocycles. The van der Waals surface area contributed by atoms with Gasteiger partial charge in [0.05, 0.1) is 0 Å². The summed E-state index contributed by atoms with van der Waals surface area (Å²) < 4.78 is 5.56. The summed E-state index contributed by atoms with van der Waals surface area (Å²) in [7, 11) is 0. The van der Waals surface area contributed by atoms with E-state index in [1.165, 1.54) is 0 Å². The number of hydrogen-bond donors (Lipinski definition) is 0. The Morgan fingerprint density at radius 2 is 1.56 bits per heavy atom. The highest BCUT2D eigenvalue weighted by Gasteiger charge is 1.97. The molecule has 0 saturated heterocycles. The molecule has 0 amide bonds. The molecular formula is C13H11ClO2. The van der Waals surface area contributed by atoms with Crippen LogP contribution in [0.4, 0.5) is 0 Å². The molecule has 2 nitrogen and oxygen atoms in total. The third-order valence-electron chi connectivity index (χ3n) is 1.97. The van der Waals surface area contributed by atoms with Crippen molar-refractivity contribution in [2.45, 2.75) is 0 Å². The molecule has 0 aromatic heterocycles. The van der Waals surface area contributed by atoms with Crippen LogP contribution in [0.5, 0.6) is 11.5 Å². The lowest BCUT2D eigenvalue weighted by Gasteiger charge is -2.04. The molecule has 0 spiro atoms. The van der Waals surface area contributed by atoms with Crippen LogP contribution in [0.15, 0.2) is 54.6 Å². The van der Waals surface area contributed by atoms with Crippen molar-refractivity contribution in [2.75, 3.05) is 0 Å². The number of benzene rings is 2. The Balaban J connectivity index is 0.00000128. The number of carbonyl (C=O) groups excluding carboxylic acids is 1. The van der Waals surface area contributed by atoms with Crippen molar-refractivity contribution in [1.82, 2.24) is 0 Å². The molecule has 0 saturated carbocycles. The van der Waals surface area contributed by atoms with Crippen molar-refractivity contribution in [1.29, 1.82) is 0 Å². The third-order valence-corrected chi connectivity index (χ3v) is 1.97. The van der Waals surface area contributed by atoms with E-state index in [1.54, 1.807) is 18.2 Å². The summed E-state index contributed by atoms with van der Waals surface area (Å²) in [6.07, 6.45) is 0.803. The molecule has 16 heavy (non-hydrogen) atoms. The van der Waals surface area contributed by atoms with Gasteiger partial charge in [-0.15, -0.1) is 12.4 Å². The standard InChI is InChI=1S/C13H10O2.ClH/c14-10-11-5-4-8-13(9-11)15-12-6-2-1-3-7-12;/h1-10H;1H. The van der Waals surface area contributed by atoms with E-state index in [2.05, 4.69) is 0 Å². The fourth-order valence-electron chi connectivity index (χ4n) is 1.28. The summed E-state index contributed by atoms with van der Waals surface area (Å²) in [6.45, 7) is 0. The first-order chi connectivity index (χ1) is 7.38. The second kappa shape index (κ2) is 5.93. The zero-order valence-electron chi connectivity index (χ0n) is 8.50. The van der Waals surface area contributed by atoms with Gasteiger partial charge in [0.15, 0.2) is 0 Å². The van der Waals surface area contributed by atoms with Crippen LogP contribution in [0, 0.1) is 0 Å². The minimum absolute atomic E-state index is 0. The van der Waals surface area contributed by atoms with Crippen molar-refractivity contribution < 1.29 is 9.53 Å². The summed E-state index contributed by atoms with van der Waals surface area (Å²) in [5.74, 6) is 1.44. The monoisotopic (exact) mass is 234 g/mol. The molecule has 2 aromatic rings. The third kappa shape index (κ3) is 3.11. The molecule has 0 fully saturated rings. The zero-order chi connectivity index (χ0) is 10.5. The van der Waals surface area contributed by atoms with Crippen LogP contribution in [0.25, 0.3) is 0 Å². The Bertz CT molecular complexity index is 454. The molecule has 2 aromatic carbocycles. The van der Waals surface area contributed by atoms with E-state index in [9.17, 15) is 4.79 Å². The van der Waals surface area contributed by atoms with Gasteiger partial charge in [0.25, 0.3) is 0 Å². The Morgan fingerprint density at radius 1 is 0.875 bits per heavy atom. The first-order valence-electron chi connectivity index (χ1n) is 4.66. The average molecular weight is 235 g/mol. The van der Waals surface area contributed by atoms with Gasteiger partial charge in [-0.2, -0.15) is 0 Å². The summed E-state index contributed by atoms with van der Waals surface area (Å²) in [4.78, 5) is 10.6. The van der Waals surface area contributed by atoms with E-state index < -0.39 is 0 Å². The van der Waals surface area contributed by atoms with Gasteiger partial charge < -0.3 is 4.74 Å². The van der Waals surface area contributed by atoms with Crippen LogP contribution in [-0.2, 0) is 0 Å². The topological polar surface area (TPSA) is 26.3 Å². The fourth-order valence-corrected chi connectivity index (χ4v) is 1.28. The molecule has 0 radical (unpaired) electrons. The maximum Gasteiger partial charge on any atom is 0.150 e. The number of aldehydes is 1. The van der Waals surface area contributed by atoms with Crippen molar-refractivity contribution in [3.63, 3.8) is 0 Å². The second-order valence-corrected chi connectivity index (χ2v) is 3.11. The average Bonchev–Trinajstić information content (AvgIpc) is 2.31. The van der Waals surface area contributed by atoms with Gasteiger partial charge in [-0.3, -0.25) is 4.79 Å². The van der Waals surface area contributed by atoms with Gasteiger partial charge in [0.1, 0.15) is 17.8 Å². The van der Waals surface area contributed by atoms with E-state index in [-0.39, 0.29) is 12.4 Å². The predicted molar refractivity (Wildman–Crippen MR) is 65.6 cm³/mol. The quantitative estimate of drug-likeness (QED) is 0.757. The van der Waals surface area contributed by atoms with Gasteiger partial charge >= 0.3 is 0 Å². The van der Waals surface area contributed by atoms with E-state index >= 15 is 0 Å². The van der Waals surface area contributed by atoms with Crippen LogP contribution < -0.4 is 4.74 Å². The Hall–Kier alpha value is -1.80.